The lowest BCUT2D eigenvalue weighted by molar-refractivity contribution is 0.0940. The van der Waals surface area contributed by atoms with Gasteiger partial charge in [0.15, 0.2) is 0 Å². The van der Waals surface area contributed by atoms with E-state index >= 15 is 0 Å². The summed E-state index contributed by atoms with van der Waals surface area (Å²) >= 11 is 6.81. The summed E-state index contributed by atoms with van der Waals surface area (Å²) in [4.78, 5) is 14.6. The highest BCUT2D eigenvalue weighted by Crippen LogP contribution is 2.22. The molecule has 0 bridgehead atoms. The van der Waals surface area contributed by atoms with Crippen molar-refractivity contribution in [3.63, 3.8) is 0 Å². The van der Waals surface area contributed by atoms with E-state index < -0.39 is 0 Å². The van der Waals surface area contributed by atoms with E-state index in [0.717, 1.165) is 28.6 Å². The number of carbonyl (C=O) groups excluding carboxylic acids is 1. The number of hydrogen-bond donors (Lipinski definition) is 1. The molecule has 0 radical (unpaired) electrons. The van der Waals surface area contributed by atoms with E-state index in [4.69, 9.17) is 0 Å². The van der Waals surface area contributed by atoms with Gasteiger partial charge in [-0.1, -0.05) is 22.9 Å². The number of halogens is 2. The summed E-state index contributed by atoms with van der Waals surface area (Å²) in [5.74, 6) is -0.0117. The predicted octanol–water partition coefficient (Wildman–Crippen LogP) is 3.43. The van der Waals surface area contributed by atoms with Gasteiger partial charge >= 0.3 is 0 Å². The fraction of sp³-hybridized carbons (Fsp3) is 0.500. The molecule has 19 heavy (non-hydrogen) atoms. The summed E-state index contributed by atoms with van der Waals surface area (Å²) in [7, 11) is 0. The van der Waals surface area contributed by atoms with Gasteiger partial charge in [-0.2, -0.15) is 0 Å². The lowest BCUT2D eigenvalue weighted by Gasteiger charge is -2.23. The standard InChI is InChI=1S/C14H18Br2N2O/c1-2-18-7-3-4-11(18)9-17-14(19)12-6-5-10(15)8-13(12)16/h5-6,8,11H,2-4,7,9H2,1H3,(H,17,19). The van der Waals surface area contributed by atoms with Gasteiger partial charge in [0.1, 0.15) is 0 Å². The van der Waals surface area contributed by atoms with Crippen LogP contribution in [0.2, 0.25) is 0 Å². The van der Waals surface area contributed by atoms with Crippen molar-refractivity contribution in [2.75, 3.05) is 19.6 Å². The summed E-state index contributed by atoms with van der Waals surface area (Å²) in [6, 6.07) is 6.09. The molecule has 1 atom stereocenters. The lowest BCUT2D eigenvalue weighted by atomic mass is 10.2. The van der Waals surface area contributed by atoms with Crippen LogP contribution in [0.1, 0.15) is 30.1 Å². The van der Waals surface area contributed by atoms with Gasteiger partial charge < -0.3 is 5.32 Å². The van der Waals surface area contributed by atoms with Crippen molar-refractivity contribution >= 4 is 37.8 Å². The second kappa shape index (κ2) is 6.86. The number of amides is 1. The van der Waals surface area contributed by atoms with E-state index in [1.165, 1.54) is 12.8 Å². The summed E-state index contributed by atoms with van der Waals surface area (Å²) in [6.45, 7) is 5.11. The van der Waals surface area contributed by atoms with E-state index in [1.54, 1.807) is 0 Å². The highest BCUT2D eigenvalue weighted by atomic mass is 79.9. The summed E-state index contributed by atoms with van der Waals surface area (Å²) in [5.41, 5.74) is 0.684. The zero-order valence-corrected chi connectivity index (χ0v) is 14.1. The molecule has 0 spiro atoms. The molecule has 1 aliphatic rings. The van der Waals surface area contributed by atoms with Crippen molar-refractivity contribution in [2.45, 2.75) is 25.8 Å². The Kier molecular flexibility index (Phi) is 5.42. The molecule has 3 nitrogen and oxygen atoms in total. The minimum atomic E-state index is -0.0117. The minimum absolute atomic E-state index is 0.0117. The van der Waals surface area contributed by atoms with Crippen molar-refractivity contribution in [1.29, 1.82) is 0 Å². The van der Waals surface area contributed by atoms with Crippen LogP contribution >= 0.6 is 31.9 Å². The van der Waals surface area contributed by atoms with Crippen LogP contribution in [0.4, 0.5) is 0 Å². The molecule has 1 fully saturated rings. The van der Waals surface area contributed by atoms with Crippen LogP contribution in [0.25, 0.3) is 0 Å². The molecule has 5 heteroatoms. The van der Waals surface area contributed by atoms with Crippen LogP contribution in [0.3, 0.4) is 0 Å². The molecular formula is C14H18Br2N2O. The molecule has 2 rings (SSSR count). The molecule has 1 aromatic carbocycles. The van der Waals surface area contributed by atoms with Crippen molar-refractivity contribution in [2.24, 2.45) is 0 Å². The Morgan fingerprint density at radius 1 is 1.47 bits per heavy atom. The van der Waals surface area contributed by atoms with Crippen LogP contribution < -0.4 is 5.32 Å². The first-order chi connectivity index (χ1) is 9.11. The molecule has 104 valence electrons. The van der Waals surface area contributed by atoms with Crippen LogP contribution in [0.5, 0.6) is 0 Å². The van der Waals surface area contributed by atoms with E-state index in [-0.39, 0.29) is 5.91 Å². The Labute approximate surface area is 131 Å². The average molecular weight is 390 g/mol. The molecule has 1 aliphatic heterocycles. The summed E-state index contributed by atoms with van der Waals surface area (Å²) in [5, 5.41) is 3.04. The Morgan fingerprint density at radius 2 is 2.26 bits per heavy atom. The summed E-state index contributed by atoms with van der Waals surface area (Å²) < 4.78 is 1.78. The Bertz CT molecular complexity index is 465. The topological polar surface area (TPSA) is 32.3 Å². The molecule has 1 N–H and O–H groups in total. The quantitative estimate of drug-likeness (QED) is 0.855. The maximum absolute atomic E-state index is 12.2. The number of carbonyl (C=O) groups is 1. The number of nitrogens with one attached hydrogen (secondary N) is 1. The number of likely N-dealkylation sites (tertiary alicyclic amines) is 1. The fourth-order valence-electron chi connectivity index (χ4n) is 2.52. The third-order valence-electron chi connectivity index (χ3n) is 3.58. The Hall–Kier alpha value is -0.390. The maximum Gasteiger partial charge on any atom is 0.252 e. The van der Waals surface area contributed by atoms with Gasteiger partial charge in [-0.25, -0.2) is 0 Å². The zero-order valence-electron chi connectivity index (χ0n) is 11.0. The molecule has 1 heterocycles. The molecule has 1 saturated heterocycles. The van der Waals surface area contributed by atoms with Crippen LogP contribution in [0, 0.1) is 0 Å². The Morgan fingerprint density at radius 3 is 2.95 bits per heavy atom. The van der Waals surface area contributed by atoms with Crippen LogP contribution in [-0.4, -0.2) is 36.5 Å². The largest absolute Gasteiger partial charge is 0.350 e. The highest BCUT2D eigenvalue weighted by Gasteiger charge is 2.23. The predicted molar refractivity (Wildman–Crippen MR) is 84.4 cm³/mol. The SMILES string of the molecule is CCN1CCCC1CNC(=O)c1ccc(Br)cc1Br. The van der Waals surface area contributed by atoms with Crippen molar-refractivity contribution < 1.29 is 4.79 Å². The first-order valence-corrected chi connectivity index (χ1v) is 8.17. The third kappa shape index (κ3) is 3.80. The molecule has 1 aromatic rings. The average Bonchev–Trinajstić information content (AvgIpc) is 2.83. The van der Waals surface area contributed by atoms with E-state index in [2.05, 4.69) is 49.0 Å². The number of hydrogen-bond acceptors (Lipinski definition) is 2. The number of benzene rings is 1. The molecular weight excluding hydrogens is 372 g/mol. The fourth-order valence-corrected chi connectivity index (χ4v) is 3.75. The second-order valence-corrected chi connectivity index (χ2v) is 6.53. The monoisotopic (exact) mass is 388 g/mol. The molecule has 0 aliphatic carbocycles. The van der Waals surface area contributed by atoms with E-state index in [0.29, 0.717) is 11.6 Å². The number of likely N-dealkylation sites (N-methyl/N-ethyl adjacent to an activating group) is 1. The maximum atomic E-state index is 12.2. The van der Waals surface area contributed by atoms with Gasteiger partial charge in [-0.05, 0) is 60.1 Å². The molecule has 1 amide bonds. The van der Waals surface area contributed by atoms with Gasteiger partial charge in [-0.15, -0.1) is 0 Å². The second-order valence-electron chi connectivity index (χ2n) is 4.76. The van der Waals surface area contributed by atoms with Crippen molar-refractivity contribution in [3.8, 4) is 0 Å². The lowest BCUT2D eigenvalue weighted by Crippen LogP contribution is -2.40. The van der Waals surface area contributed by atoms with Gasteiger partial charge in [0.25, 0.3) is 5.91 Å². The minimum Gasteiger partial charge on any atom is -0.350 e. The summed E-state index contributed by atoms with van der Waals surface area (Å²) in [6.07, 6.45) is 2.41. The normalized spacial score (nSPS) is 19.6. The van der Waals surface area contributed by atoms with Gasteiger partial charge in [0.05, 0.1) is 5.56 Å². The first kappa shape index (κ1) is 15.0. The van der Waals surface area contributed by atoms with Gasteiger partial charge in [0.2, 0.25) is 0 Å². The molecule has 0 aromatic heterocycles. The van der Waals surface area contributed by atoms with Gasteiger partial charge in [0, 0.05) is 21.5 Å². The third-order valence-corrected chi connectivity index (χ3v) is 4.73. The van der Waals surface area contributed by atoms with E-state index in [9.17, 15) is 4.79 Å². The molecule has 1 unspecified atom stereocenters. The van der Waals surface area contributed by atoms with Crippen molar-refractivity contribution in [1.82, 2.24) is 10.2 Å². The Balaban J connectivity index is 1.94. The zero-order chi connectivity index (χ0) is 13.8. The smallest absolute Gasteiger partial charge is 0.252 e. The number of rotatable bonds is 4. The van der Waals surface area contributed by atoms with Crippen LogP contribution in [-0.2, 0) is 0 Å². The first-order valence-electron chi connectivity index (χ1n) is 6.59. The van der Waals surface area contributed by atoms with E-state index in [1.807, 2.05) is 18.2 Å². The van der Waals surface area contributed by atoms with Crippen LogP contribution in [0.15, 0.2) is 27.1 Å². The highest BCUT2D eigenvalue weighted by molar-refractivity contribution is 9.11. The van der Waals surface area contributed by atoms with Crippen molar-refractivity contribution in [3.05, 3.63) is 32.7 Å². The number of nitrogens with zero attached hydrogens (tertiary/aromatic N) is 1. The van der Waals surface area contributed by atoms with Gasteiger partial charge in [-0.3, -0.25) is 9.69 Å². The molecule has 0 saturated carbocycles.